The van der Waals surface area contributed by atoms with E-state index in [1.54, 1.807) is 37.3 Å². The molecular weight excluding hydrogens is 280 g/mol. The molecule has 0 atom stereocenters. The molecule has 0 amide bonds. The minimum absolute atomic E-state index is 0.0419. The summed E-state index contributed by atoms with van der Waals surface area (Å²) in [4.78, 5) is 10.3. The van der Waals surface area contributed by atoms with E-state index in [2.05, 4.69) is 5.32 Å². The Hall–Kier alpha value is -2.27. The van der Waals surface area contributed by atoms with Gasteiger partial charge in [-0.1, -0.05) is 23.7 Å². The van der Waals surface area contributed by atoms with Crippen LogP contribution >= 0.6 is 11.6 Å². The van der Waals surface area contributed by atoms with E-state index in [1.807, 2.05) is 0 Å². The molecule has 20 heavy (non-hydrogen) atoms. The lowest BCUT2D eigenvalue weighted by Crippen LogP contribution is -2.01. The van der Waals surface area contributed by atoms with Crippen LogP contribution in [0.25, 0.3) is 0 Å². The lowest BCUT2D eigenvalue weighted by atomic mass is 10.1. The topological polar surface area (TPSA) is 75.4 Å². The molecule has 0 saturated carbocycles. The molecule has 2 rings (SSSR count). The first-order chi connectivity index (χ1) is 9.49. The van der Waals surface area contributed by atoms with Crippen LogP contribution in [-0.4, -0.2) is 10.0 Å². The van der Waals surface area contributed by atoms with Crippen LogP contribution in [-0.2, 0) is 6.54 Å². The molecule has 2 aromatic rings. The smallest absolute Gasteiger partial charge is 0.272 e. The molecule has 0 aliphatic rings. The number of para-hydroxylation sites is 1. The SMILES string of the molecule is Cc1cc(NCc2cccc(Cl)c2O)ccc1[N+](=O)[O-]. The van der Waals surface area contributed by atoms with Crippen molar-refractivity contribution in [3.05, 3.63) is 62.7 Å². The number of hydrogen-bond donors (Lipinski definition) is 2. The van der Waals surface area contributed by atoms with Crippen molar-refractivity contribution in [2.24, 2.45) is 0 Å². The number of halogens is 1. The van der Waals surface area contributed by atoms with E-state index in [0.29, 0.717) is 22.7 Å². The van der Waals surface area contributed by atoms with Gasteiger partial charge in [0.15, 0.2) is 0 Å². The molecular formula is C14H13ClN2O3. The second-order valence-corrected chi connectivity index (χ2v) is 4.77. The van der Waals surface area contributed by atoms with E-state index in [-0.39, 0.29) is 11.4 Å². The predicted molar refractivity (Wildman–Crippen MR) is 78.3 cm³/mol. The fourth-order valence-corrected chi connectivity index (χ4v) is 2.06. The summed E-state index contributed by atoms with van der Waals surface area (Å²) in [6.07, 6.45) is 0. The Morgan fingerprint density at radius 1 is 1.35 bits per heavy atom. The standard InChI is InChI=1S/C14H13ClN2O3/c1-9-7-11(5-6-13(9)17(19)20)16-8-10-3-2-4-12(15)14(10)18/h2-7,16,18H,8H2,1H3. The number of rotatable bonds is 4. The molecule has 0 saturated heterocycles. The molecule has 0 radical (unpaired) electrons. The van der Waals surface area contributed by atoms with Gasteiger partial charge in [-0.2, -0.15) is 0 Å². The zero-order valence-electron chi connectivity index (χ0n) is 10.8. The van der Waals surface area contributed by atoms with Crippen molar-refractivity contribution in [3.63, 3.8) is 0 Å². The average molecular weight is 293 g/mol. The highest BCUT2D eigenvalue weighted by atomic mass is 35.5. The van der Waals surface area contributed by atoms with Gasteiger partial charge in [-0.05, 0) is 25.1 Å². The van der Waals surface area contributed by atoms with Crippen molar-refractivity contribution in [1.82, 2.24) is 0 Å². The first-order valence-corrected chi connectivity index (χ1v) is 6.32. The first-order valence-electron chi connectivity index (χ1n) is 5.94. The van der Waals surface area contributed by atoms with Crippen molar-refractivity contribution in [1.29, 1.82) is 0 Å². The van der Waals surface area contributed by atoms with E-state index in [0.717, 1.165) is 5.69 Å². The monoisotopic (exact) mass is 292 g/mol. The highest BCUT2D eigenvalue weighted by Crippen LogP contribution is 2.28. The van der Waals surface area contributed by atoms with E-state index in [9.17, 15) is 15.2 Å². The number of phenols is 1. The molecule has 0 fully saturated rings. The van der Waals surface area contributed by atoms with Gasteiger partial charge in [0.2, 0.25) is 0 Å². The van der Waals surface area contributed by atoms with E-state index in [1.165, 1.54) is 6.07 Å². The molecule has 2 N–H and O–H groups in total. The van der Waals surface area contributed by atoms with Crippen molar-refractivity contribution in [3.8, 4) is 5.75 Å². The second kappa shape index (κ2) is 5.79. The number of benzene rings is 2. The maximum Gasteiger partial charge on any atom is 0.272 e. The van der Waals surface area contributed by atoms with Gasteiger partial charge in [0.05, 0.1) is 9.95 Å². The number of nitro groups is 1. The molecule has 0 unspecified atom stereocenters. The van der Waals surface area contributed by atoms with Gasteiger partial charge in [0.25, 0.3) is 5.69 Å². The van der Waals surface area contributed by atoms with Gasteiger partial charge < -0.3 is 10.4 Å². The molecule has 0 aliphatic carbocycles. The minimum Gasteiger partial charge on any atom is -0.506 e. The van der Waals surface area contributed by atoms with E-state index < -0.39 is 4.92 Å². The lowest BCUT2D eigenvalue weighted by molar-refractivity contribution is -0.385. The molecule has 0 aromatic heterocycles. The largest absolute Gasteiger partial charge is 0.506 e. The summed E-state index contributed by atoms with van der Waals surface area (Å²) in [5.41, 5.74) is 2.07. The number of nitrogens with one attached hydrogen (secondary N) is 1. The quantitative estimate of drug-likeness (QED) is 0.662. The van der Waals surface area contributed by atoms with E-state index >= 15 is 0 Å². The van der Waals surface area contributed by atoms with Crippen molar-refractivity contribution in [2.75, 3.05) is 5.32 Å². The second-order valence-electron chi connectivity index (χ2n) is 4.36. The highest BCUT2D eigenvalue weighted by molar-refractivity contribution is 6.32. The third kappa shape index (κ3) is 3.00. The highest BCUT2D eigenvalue weighted by Gasteiger charge is 2.10. The maximum atomic E-state index is 10.7. The molecule has 0 spiro atoms. The van der Waals surface area contributed by atoms with Crippen LogP contribution in [0.1, 0.15) is 11.1 Å². The van der Waals surface area contributed by atoms with Gasteiger partial charge in [-0.3, -0.25) is 10.1 Å². The third-order valence-corrected chi connectivity index (χ3v) is 3.25. The summed E-state index contributed by atoms with van der Waals surface area (Å²) < 4.78 is 0. The summed E-state index contributed by atoms with van der Waals surface area (Å²) in [5, 5.41) is 23.9. The third-order valence-electron chi connectivity index (χ3n) is 2.95. The average Bonchev–Trinajstić information content (AvgIpc) is 2.40. The van der Waals surface area contributed by atoms with Crippen molar-refractivity contribution in [2.45, 2.75) is 13.5 Å². The summed E-state index contributed by atoms with van der Waals surface area (Å²) in [7, 11) is 0. The van der Waals surface area contributed by atoms with Gasteiger partial charge in [0.1, 0.15) is 5.75 Å². The van der Waals surface area contributed by atoms with Crippen LogP contribution < -0.4 is 5.32 Å². The predicted octanol–water partition coefficient (Wildman–Crippen LogP) is 3.87. The number of nitro benzene ring substituents is 1. The molecule has 2 aromatic carbocycles. The molecule has 0 heterocycles. The number of anilines is 1. The molecule has 5 nitrogen and oxygen atoms in total. The number of aryl methyl sites for hydroxylation is 1. The van der Waals surface area contributed by atoms with Crippen LogP contribution in [0.5, 0.6) is 5.75 Å². The number of hydrogen-bond acceptors (Lipinski definition) is 4. The van der Waals surface area contributed by atoms with Gasteiger partial charge in [-0.25, -0.2) is 0 Å². The molecule has 6 heteroatoms. The maximum absolute atomic E-state index is 10.7. The molecule has 0 aliphatic heterocycles. The van der Waals surface area contributed by atoms with Gasteiger partial charge in [-0.15, -0.1) is 0 Å². The Morgan fingerprint density at radius 3 is 2.75 bits per heavy atom. The Morgan fingerprint density at radius 2 is 2.10 bits per heavy atom. The molecule has 104 valence electrons. The van der Waals surface area contributed by atoms with Crippen molar-refractivity contribution < 1.29 is 10.0 Å². The lowest BCUT2D eigenvalue weighted by Gasteiger charge is -2.09. The Balaban J connectivity index is 2.13. The van der Waals surface area contributed by atoms with Crippen molar-refractivity contribution >= 4 is 23.0 Å². The van der Waals surface area contributed by atoms with Crippen LogP contribution in [0.4, 0.5) is 11.4 Å². The van der Waals surface area contributed by atoms with Crippen LogP contribution in [0.2, 0.25) is 5.02 Å². The van der Waals surface area contributed by atoms with Crippen LogP contribution in [0, 0.1) is 17.0 Å². The Bertz CT molecular complexity index is 659. The first kappa shape index (κ1) is 14.1. The van der Waals surface area contributed by atoms with Crippen LogP contribution in [0.3, 0.4) is 0 Å². The zero-order chi connectivity index (χ0) is 14.7. The Kier molecular flexibility index (Phi) is 4.10. The number of nitrogens with zero attached hydrogens (tertiary/aromatic N) is 1. The summed E-state index contributed by atoms with van der Waals surface area (Å²) in [5.74, 6) is 0.0419. The summed E-state index contributed by atoms with van der Waals surface area (Å²) >= 11 is 5.82. The Labute approximate surface area is 121 Å². The van der Waals surface area contributed by atoms with E-state index in [4.69, 9.17) is 11.6 Å². The zero-order valence-corrected chi connectivity index (χ0v) is 11.5. The fourth-order valence-electron chi connectivity index (χ4n) is 1.87. The molecule has 0 bridgehead atoms. The minimum atomic E-state index is -0.415. The van der Waals surface area contributed by atoms with Gasteiger partial charge in [0, 0.05) is 29.4 Å². The van der Waals surface area contributed by atoms with Gasteiger partial charge >= 0.3 is 0 Å². The normalized spacial score (nSPS) is 10.3. The number of phenolic OH excluding ortho intramolecular Hbond substituents is 1. The summed E-state index contributed by atoms with van der Waals surface area (Å²) in [6, 6.07) is 9.89. The fraction of sp³-hybridized carbons (Fsp3) is 0.143. The summed E-state index contributed by atoms with van der Waals surface area (Å²) in [6.45, 7) is 2.06. The number of aromatic hydroxyl groups is 1. The van der Waals surface area contributed by atoms with Crippen LogP contribution in [0.15, 0.2) is 36.4 Å².